The fraction of sp³-hybridized carbons (Fsp3) is 0.438. The molecule has 0 aliphatic carbocycles. The van der Waals surface area contributed by atoms with Gasteiger partial charge in [-0.25, -0.2) is 0 Å². The maximum absolute atomic E-state index is 4.51. The molecule has 0 spiro atoms. The summed E-state index contributed by atoms with van der Waals surface area (Å²) in [4.78, 5) is 0. The first kappa shape index (κ1) is 12.4. The van der Waals surface area contributed by atoms with Crippen LogP contribution in [0.2, 0.25) is 0 Å². The quantitative estimate of drug-likeness (QED) is 0.914. The molecule has 19 heavy (non-hydrogen) atoms. The van der Waals surface area contributed by atoms with E-state index in [2.05, 4.69) is 52.5 Å². The molecule has 1 N–H and O–H groups in total. The van der Waals surface area contributed by atoms with Gasteiger partial charge in [-0.15, -0.1) is 0 Å². The van der Waals surface area contributed by atoms with Crippen molar-refractivity contribution < 1.29 is 0 Å². The molecule has 1 aromatic heterocycles. The lowest BCUT2D eigenvalue weighted by atomic mass is 9.98. The number of nitrogens with one attached hydrogen (secondary N) is 1. The van der Waals surface area contributed by atoms with Gasteiger partial charge in [-0.2, -0.15) is 5.10 Å². The molecule has 3 rings (SSSR count). The average molecular weight is 255 g/mol. The molecule has 2 aromatic rings. The summed E-state index contributed by atoms with van der Waals surface area (Å²) >= 11 is 0. The average Bonchev–Trinajstić information content (AvgIpc) is 2.89. The molecule has 0 atom stereocenters. The van der Waals surface area contributed by atoms with E-state index in [9.17, 15) is 0 Å². The predicted octanol–water partition coefficient (Wildman–Crippen LogP) is 2.86. The molecule has 0 bridgehead atoms. The largest absolute Gasteiger partial charge is 0.317 e. The van der Waals surface area contributed by atoms with E-state index in [1.165, 1.54) is 29.5 Å². The fourth-order valence-electron chi connectivity index (χ4n) is 2.69. The zero-order chi connectivity index (χ0) is 13.1. The number of hydrogen-bond acceptors (Lipinski definition) is 2. The first-order chi connectivity index (χ1) is 9.31. The minimum Gasteiger partial charge on any atom is -0.317 e. The van der Waals surface area contributed by atoms with Gasteiger partial charge in [0.15, 0.2) is 0 Å². The molecule has 1 aromatic carbocycles. The molecule has 3 nitrogen and oxygen atoms in total. The summed E-state index contributed by atoms with van der Waals surface area (Å²) in [5.41, 5.74) is 3.77. The summed E-state index contributed by atoms with van der Waals surface area (Å²) in [5.74, 6) is 0.770. The Balaban J connectivity index is 1.70. The van der Waals surface area contributed by atoms with Crippen LogP contribution in [0.3, 0.4) is 0 Å². The lowest BCUT2D eigenvalue weighted by Gasteiger charge is -2.22. The van der Waals surface area contributed by atoms with Crippen molar-refractivity contribution in [3.63, 3.8) is 0 Å². The van der Waals surface area contributed by atoms with E-state index in [1.54, 1.807) is 0 Å². The van der Waals surface area contributed by atoms with Gasteiger partial charge in [-0.1, -0.05) is 29.8 Å². The molecule has 0 saturated carbocycles. The molecule has 1 aliphatic rings. The standard InChI is InChI=1S/C16H21N3/c1-13-2-4-15(5-3-13)16-10-18-19(12-16)11-14-6-8-17-9-7-14/h2-5,10,12,14,17H,6-9,11H2,1H3. The summed E-state index contributed by atoms with van der Waals surface area (Å²) < 4.78 is 2.10. The smallest absolute Gasteiger partial charge is 0.0568 e. The Morgan fingerprint density at radius 3 is 2.63 bits per heavy atom. The van der Waals surface area contributed by atoms with Crippen molar-refractivity contribution in [1.29, 1.82) is 0 Å². The summed E-state index contributed by atoms with van der Waals surface area (Å²) in [6.45, 7) is 5.46. The number of aromatic nitrogens is 2. The highest BCUT2D eigenvalue weighted by atomic mass is 15.3. The van der Waals surface area contributed by atoms with Crippen molar-refractivity contribution in [2.45, 2.75) is 26.3 Å². The molecular formula is C16H21N3. The van der Waals surface area contributed by atoms with Crippen LogP contribution >= 0.6 is 0 Å². The third-order valence-electron chi connectivity index (χ3n) is 3.92. The van der Waals surface area contributed by atoms with E-state index in [-0.39, 0.29) is 0 Å². The minimum atomic E-state index is 0.770. The van der Waals surface area contributed by atoms with Crippen LogP contribution in [0.15, 0.2) is 36.7 Å². The van der Waals surface area contributed by atoms with E-state index in [0.29, 0.717) is 0 Å². The van der Waals surface area contributed by atoms with Crippen molar-refractivity contribution in [3.05, 3.63) is 42.2 Å². The van der Waals surface area contributed by atoms with Gasteiger partial charge in [0, 0.05) is 18.3 Å². The summed E-state index contributed by atoms with van der Waals surface area (Å²) in [6, 6.07) is 8.64. The van der Waals surface area contributed by atoms with E-state index in [0.717, 1.165) is 25.6 Å². The number of nitrogens with zero attached hydrogens (tertiary/aromatic N) is 2. The summed E-state index contributed by atoms with van der Waals surface area (Å²) in [5, 5.41) is 7.91. The lowest BCUT2D eigenvalue weighted by molar-refractivity contribution is 0.321. The Labute approximate surface area is 114 Å². The van der Waals surface area contributed by atoms with Crippen LogP contribution in [0, 0.1) is 12.8 Å². The third-order valence-corrected chi connectivity index (χ3v) is 3.92. The van der Waals surface area contributed by atoms with Crippen LogP contribution in [-0.2, 0) is 6.54 Å². The maximum Gasteiger partial charge on any atom is 0.0568 e. The second-order valence-corrected chi connectivity index (χ2v) is 5.51. The highest BCUT2D eigenvalue weighted by Gasteiger charge is 2.14. The van der Waals surface area contributed by atoms with Crippen LogP contribution in [0.1, 0.15) is 18.4 Å². The Morgan fingerprint density at radius 1 is 1.16 bits per heavy atom. The first-order valence-corrected chi connectivity index (χ1v) is 7.11. The topological polar surface area (TPSA) is 29.9 Å². The zero-order valence-corrected chi connectivity index (χ0v) is 11.5. The van der Waals surface area contributed by atoms with Crippen LogP contribution in [-0.4, -0.2) is 22.9 Å². The van der Waals surface area contributed by atoms with Gasteiger partial charge < -0.3 is 5.32 Å². The van der Waals surface area contributed by atoms with Crippen molar-refractivity contribution in [1.82, 2.24) is 15.1 Å². The number of benzene rings is 1. The third kappa shape index (κ3) is 3.04. The van der Waals surface area contributed by atoms with Gasteiger partial charge in [-0.3, -0.25) is 4.68 Å². The maximum atomic E-state index is 4.51. The van der Waals surface area contributed by atoms with Gasteiger partial charge >= 0.3 is 0 Å². The highest BCUT2D eigenvalue weighted by molar-refractivity contribution is 5.61. The molecule has 2 heterocycles. The van der Waals surface area contributed by atoms with Gasteiger partial charge in [0.2, 0.25) is 0 Å². The van der Waals surface area contributed by atoms with Crippen LogP contribution in [0.5, 0.6) is 0 Å². The summed E-state index contributed by atoms with van der Waals surface area (Å²) in [6.07, 6.45) is 6.68. The molecule has 0 radical (unpaired) electrons. The first-order valence-electron chi connectivity index (χ1n) is 7.11. The Morgan fingerprint density at radius 2 is 1.89 bits per heavy atom. The van der Waals surface area contributed by atoms with Gasteiger partial charge in [0.05, 0.1) is 6.20 Å². The molecule has 0 unspecified atom stereocenters. The van der Waals surface area contributed by atoms with Crippen LogP contribution < -0.4 is 5.32 Å². The lowest BCUT2D eigenvalue weighted by Crippen LogP contribution is -2.29. The number of hydrogen-bond donors (Lipinski definition) is 1. The second kappa shape index (κ2) is 5.57. The van der Waals surface area contributed by atoms with E-state index < -0.39 is 0 Å². The van der Waals surface area contributed by atoms with E-state index in [4.69, 9.17) is 0 Å². The number of aryl methyl sites for hydroxylation is 1. The number of piperidine rings is 1. The normalized spacial score (nSPS) is 16.7. The molecular weight excluding hydrogens is 234 g/mol. The SMILES string of the molecule is Cc1ccc(-c2cnn(CC3CCNCC3)c2)cc1. The van der Waals surface area contributed by atoms with Crippen molar-refractivity contribution in [2.24, 2.45) is 5.92 Å². The molecule has 0 amide bonds. The zero-order valence-electron chi connectivity index (χ0n) is 11.5. The van der Waals surface area contributed by atoms with Gasteiger partial charge in [0.1, 0.15) is 0 Å². The molecule has 1 aliphatic heterocycles. The minimum absolute atomic E-state index is 0.770. The van der Waals surface area contributed by atoms with E-state index >= 15 is 0 Å². The van der Waals surface area contributed by atoms with Crippen molar-refractivity contribution in [2.75, 3.05) is 13.1 Å². The highest BCUT2D eigenvalue weighted by Crippen LogP contribution is 2.20. The Kier molecular flexibility index (Phi) is 3.65. The molecule has 1 fully saturated rings. The van der Waals surface area contributed by atoms with Crippen molar-refractivity contribution in [3.8, 4) is 11.1 Å². The molecule has 100 valence electrons. The fourth-order valence-corrected chi connectivity index (χ4v) is 2.69. The monoisotopic (exact) mass is 255 g/mol. The van der Waals surface area contributed by atoms with Crippen LogP contribution in [0.4, 0.5) is 0 Å². The molecule has 3 heteroatoms. The van der Waals surface area contributed by atoms with Gasteiger partial charge in [-0.05, 0) is 44.3 Å². The summed E-state index contributed by atoms with van der Waals surface area (Å²) in [7, 11) is 0. The van der Waals surface area contributed by atoms with E-state index in [1.807, 2.05) is 6.20 Å². The number of rotatable bonds is 3. The van der Waals surface area contributed by atoms with Crippen LogP contribution in [0.25, 0.3) is 11.1 Å². The van der Waals surface area contributed by atoms with Gasteiger partial charge in [0.25, 0.3) is 0 Å². The molecule has 1 saturated heterocycles. The second-order valence-electron chi connectivity index (χ2n) is 5.51. The predicted molar refractivity (Wildman–Crippen MR) is 78.0 cm³/mol. The van der Waals surface area contributed by atoms with Crippen molar-refractivity contribution >= 4 is 0 Å². The Hall–Kier alpha value is -1.61. The Bertz CT molecular complexity index is 521.